The lowest BCUT2D eigenvalue weighted by Gasteiger charge is -2.05. The van der Waals surface area contributed by atoms with Gasteiger partial charge < -0.3 is 14.6 Å². The minimum Gasteiger partial charge on any atom is -0.497 e. The molecule has 0 aliphatic heterocycles. The van der Waals surface area contributed by atoms with Crippen molar-refractivity contribution in [3.8, 4) is 11.5 Å². The molecule has 0 fully saturated rings. The van der Waals surface area contributed by atoms with E-state index in [0.717, 1.165) is 22.6 Å². The molecule has 0 unspecified atom stereocenters. The third-order valence-corrected chi connectivity index (χ3v) is 3.00. The number of rotatable bonds is 5. The maximum absolute atomic E-state index is 10.8. The summed E-state index contributed by atoms with van der Waals surface area (Å²) in [6.07, 6.45) is 3.82. The van der Waals surface area contributed by atoms with Gasteiger partial charge in [0.25, 0.3) is 0 Å². The monoisotopic (exact) mass is 284 g/mol. The fraction of sp³-hybridized carbons (Fsp3) is 0.118. The van der Waals surface area contributed by atoms with Crippen LogP contribution in [-0.4, -0.2) is 25.3 Å². The van der Waals surface area contributed by atoms with Crippen LogP contribution in [0.5, 0.6) is 11.5 Å². The minimum atomic E-state index is -0.928. The number of aromatic carboxylic acids is 1. The quantitative estimate of drug-likeness (QED) is 0.853. The van der Waals surface area contributed by atoms with Gasteiger partial charge in [-0.15, -0.1) is 0 Å². The number of carboxylic acids is 1. The Hall–Kier alpha value is -2.75. The Morgan fingerprint density at radius 1 is 0.905 bits per heavy atom. The zero-order chi connectivity index (χ0) is 15.2. The van der Waals surface area contributed by atoms with Gasteiger partial charge in [0.05, 0.1) is 19.8 Å². The van der Waals surface area contributed by atoms with Gasteiger partial charge in [-0.2, -0.15) is 0 Å². The highest BCUT2D eigenvalue weighted by atomic mass is 16.5. The predicted octanol–water partition coefficient (Wildman–Crippen LogP) is 3.57. The summed E-state index contributed by atoms with van der Waals surface area (Å²) in [5.74, 6) is 0.508. The molecule has 4 heteroatoms. The van der Waals surface area contributed by atoms with Crippen molar-refractivity contribution >= 4 is 18.1 Å². The predicted molar refractivity (Wildman–Crippen MR) is 81.9 cm³/mol. The first-order valence-corrected chi connectivity index (χ1v) is 6.37. The van der Waals surface area contributed by atoms with Crippen molar-refractivity contribution in [2.45, 2.75) is 0 Å². The molecule has 0 aliphatic carbocycles. The van der Waals surface area contributed by atoms with Gasteiger partial charge in [-0.3, -0.25) is 0 Å². The second-order valence-electron chi connectivity index (χ2n) is 4.41. The van der Waals surface area contributed by atoms with Crippen LogP contribution >= 0.6 is 0 Å². The van der Waals surface area contributed by atoms with Crippen LogP contribution in [0.15, 0.2) is 42.5 Å². The molecule has 1 N–H and O–H groups in total. The van der Waals surface area contributed by atoms with Crippen molar-refractivity contribution in [3.05, 3.63) is 59.2 Å². The fourth-order valence-corrected chi connectivity index (χ4v) is 1.85. The topological polar surface area (TPSA) is 55.8 Å². The van der Waals surface area contributed by atoms with Crippen molar-refractivity contribution < 1.29 is 19.4 Å². The molecule has 21 heavy (non-hydrogen) atoms. The molecule has 0 saturated carbocycles. The highest BCUT2D eigenvalue weighted by Crippen LogP contribution is 2.23. The van der Waals surface area contributed by atoms with Crippen molar-refractivity contribution in [2.75, 3.05) is 14.2 Å². The van der Waals surface area contributed by atoms with E-state index in [1.807, 2.05) is 24.3 Å². The standard InChI is InChI=1S/C17H16O4/c1-20-15-9-13(10-16(11-15)21-2)4-3-12-5-7-14(8-6-12)17(18)19/h3-11H,1-2H3,(H,18,19)/b4-3-. The molecule has 2 aromatic carbocycles. The van der Waals surface area contributed by atoms with E-state index in [4.69, 9.17) is 14.6 Å². The molecule has 0 aliphatic rings. The molecule has 0 amide bonds. The Morgan fingerprint density at radius 2 is 1.43 bits per heavy atom. The van der Waals surface area contributed by atoms with Crippen LogP contribution in [-0.2, 0) is 0 Å². The first-order chi connectivity index (χ1) is 10.1. The third kappa shape index (κ3) is 3.86. The molecule has 108 valence electrons. The zero-order valence-corrected chi connectivity index (χ0v) is 11.9. The number of carbonyl (C=O) groups is 1. The van der Waals surface area contributed by atoms with Gasteiger partial charge in [0, 0.05) is 6.07 Å². The summed E-state index contributed by atoms with van der Waals surface area (Å²) in [4.78, 5) is 10.8. The summed E-state index contributed by atoms with van der Waals surface area (Å²) in [5, 5.41) is 8.85. The first-order valence-electron chi connectivity index (χ1n) is 6.37. The molecule has 0 radical (unpaired) electrons. The van der Waals surface area contributed by atoms with E-state index in [9.17, 15) is 4.79 Å². The number of hydrogen-bond donors (Lipinski definition) is 1. The van der Waals surface area contributed by atoms with E-state index in [0.29, 0.717) is 0 Å². The number of methoxy groups -OCH3 is 2. The molecule has 0 bridgehead atoms. The highest BCUT2D eigenvalue weighted by Gasteiger charge is 2.01. The molecule has 4 nitrogen and oxygen atoms in total. The van der Waals surface area contributed by atoms with E-state index in [1.165, 1.54) is 0 Å². The molecule has 0 spiro atoms. The van der Waals surface area contributed by atoms with Crippen LogP contribution in [0.1, 0.15) is 21.5 Å². The summed E-state index contributed by atoms with van der Waals surface area (Å²) in [5.41, 5.74) is 2.13. The average Bonchev–Trinajstić information content (AvgIpc) is 2.52. The van der Waals surface area contributed by atoms with E-state index in [1.54, 1.807) is 44.6 Å². The fourth-order valence-electron chi connectivity index (χ4n) is 1.85. The SMILES string of the molecule is COc1cc(/C=C\c2ccc(C(=O)O)cc2)cc(OC)c1. The average molecular weight is 284 g/mol. The maximum atomic E-state index is 10.8. The van der Waals surface area contributed by atoms with Crippen LogP contribution in [0.4, 0.5) is 0 Å². The van der Waals surface area contributed by atoms with Gasteiger partial charge >= 0.3 is 5.97 Å². The smallest absolute Gasteiger partial charge is 0.335 e. The van der Waals surface area contributed by atoms with E-state index in [2.05, 4.69) is 0 Å². The van der Waals surface area contributed by atoms with Crippen LogP contribution in [0, 0.1) is 0 Å². The largest absolute Gasteiger partial charge is 0.497 e. The minimum absolute atomic E-state index is 0.273. The Kier molecular flexibility index (Phi) is 4.61. The Morgan fingerprint density at radius 3 is 1.90 bits per heavy atom. The highest BCUT2D eigenvalue weighted by molar-refractivity contribution is 5.88. The van der Waals surface area contributed by atoms with Crippen molar-refractivity contribution in [1.82, 2.24) is 0 Å². The summed E-state index contributed by atoms with van der Waals surface area (Å²) < 4.78 is 10.4. The van der Waals surface area contributed by atoms with Crippen molar-refractivity contribution in [1.29, 1.82) is 0 Å². The van der Waals surface area contributed by atoms with E-state index >= 15 is 0 Å². The van der Waals surface area contributed by atoms with Crippen LogP contribution < -0.4 is 9.47 Å². The number of carboxylic acid groups (broad SMARTS) is 1. The maximum Gasteiger partial charge on any atom is 0.335 e. The molecule has 0 heterocycles. The molecule has 0 aromatic heterocycles. The van der Waals surface area contributed by atoms with Crippen molar-refractivity contribution in [3.63, 3.8) is 0 Å². The summed E-state index contributed by atoms with van der Waals surface area (Å²) >= 11 is 0. The van der Waals surface area contributed by atoms with Crippen LogP contribution in [0.25, 0.3) is 12.2 Å². The lowest BCUT2D eigenvalue weighted by Crippen LogP contribution is -1.94. The number of hydrogen-bond acceptors (Lipinski definition) is 3. The summed E-state index contributed by atoms with van der Waals surface area (Å²) in [6.45, 7) is 0. The number of ether oxygens (including phenoxy) is 2. The van der Waals surface area contributed by atoms with Gasteiger partial charge in [-0.05, 0) is 35.4 Å². The Labute approximate surface area is 123 Å². The Bertz CT molecular complexity index is 635. The molecule has 0 saturated heterocycles. The second kappa shape index (κ2) is 6.61. The van der Waals surface area contributed by atoms with Crippen LogP contribution in [0.3, 0.4) is 0 Å². The number of benzene rings is 2. The normalized spacial score (nSPS) is 10.6. The van der Waals surface area contributed by atoms with Gasteiger partial charge in [0.15, 0.2) is 0 Å². The van der Waals surface area contributed by atoms with E-state index < -0.39 is 5.97 Å². The molecule has 2 aromatic rings. The second-order valence-corrected chi connectivity index (χ2v) is 4.41. The van der Waals surface area contributed by atoms with Crippen LogP contribution in [0.2, 0.25) is 0 Å². The zero-order valence-electron chi connectivity index (χ0n) is 11.9. The van der Waals surface area contributed by atoms with Gasteiger partial charge in [-0.25, -0.2) is 4.79 Å². The third-order valence-electron chi connectivity index (χ3n) is 3.00. The molecule has 2 rings (SSSR count). The molecular weight excluding hydrogens is 268 g/mol. The lowest BCUT2D eigenvalue weighted by atomic mass is 10.1. The molecular formula is C17H16O4. The van der Waals surface area contributed by atoms with E-state index in [-0.39, 0.29) is 5.56 Å². The first kappa shape index (κ1) is 14.7. The van der Waals surface area contributed by atoms with Gasteiger partial charge in [0.1, 0.15) is 11.5 Å². The van der Waals surface area contributed by atoms with Crippen molar-refractivity contribution in [2.24, 2.45) is 0 Å². The summed E-state index contributed by atoms with van der Waals surface area (Å²) in [7, 11) is 3.21. The molecule has 0 atom stereocenters. The Balaban J connectivity index is 2.22. The van der Waals surface area contributed by atoms with Gasteiger partial charge in [-0.1, -0.05) is 24.3 Å². The summed E-state index contributed by atoms with van der Waals surface area (Å²) in [6, 6.07) is 12.3. The van der Waals surface area contributed by atoms with Gasteiger partial charge in [0.2, 0.25) is 0 Å². The lowest BCUT2D eigenvalue weighted by molar-refractivity contribution is 0.0697.